The lowest BCUT2D eigenvalue weighted by Gasteiger charge is -2.13. The SMILES string of the molecule is Cc1cc(C)c(OCC(=O)NC(=S)Nc2ccc(Cc3nc4ccccc4s3)cc2)c(Cl)c1. The molecule has 0 aliphatic heterocycles. The van der Waals surface area contributed by atoms with E-state index < -0.39 is 0 Å². The molecular weight excluding hydrogens is 474 g/mol. The molecule has 0 atom stereocenters. The van der Waals surface area contributed by atoms with E-state index in [0.717, 1.165) is 39.3 Å². The van der Waals surface area contributed by atoms with Crippen LogP contribution in [0, 0.1) is 13.8 Å². The highest BCUT2D eigenvalue weighted by atomic mass is 35.5. The maximum absolute atomic E-state index is 12.2. The molecule has 1 aromatic heterocycles. The standard InChI is InChI=1S/C25H22ClN3O2S2/c1-15-11-16(2)24(19(26)12-15)31-14-22(30)29-25(32)27-18-9-7-17(8-10-18)13-23-28-20-5-3-4-6-21(20)33-23/h3-12H,13-14H2,1-2H3,(H2,27,29,30,32). The van der Waals surface area contributed by atoms with Crippen molar-refractivity contribution in [2.75, 3.05) is 11.9 Å². The minimum Gasteiger partial charge on any atom is -0.482 e. The van der Waals surface area contributed by atoms with Crippen LogP contribution in [0.5, 0.6) is 5.75 Å². The monoisotopic (exact) mass is 495 g/mol. The van der Waals surface area contributed by atoms with Gasteiger partial charge in [-0.25, -0.2) is 4.98 Å². The molecule has 33 heavy (non-hydrogen) atoms. The molecule has 0 fully saturated rings. The molecule has 2 N–H and O–H groups in total. The summed E-state index contributed by atoms with van der Waals surface area (Å²) >= 11 is 13.2. The number of hydrogen-bond acceptors (Lipinski definition) is 5. The molecule has 1 heterocycles. The van der Waals surface area contributed by atoms with Gasteiger partial charge in [-0.2, -0.15) is 0 Å². The molecule has 0 aliphatic carbocycles. The first-order valence-electron chi connectivity index (χ1n) is 10.3. The number of ether oxygens (including phenoxy) is 1. The number of nitrogens with zero attached hydrogens (tertiary/aromatic N) is 1. The number of nitrogens with one attached hydrogen (secondary N) is 2. The first-order chi connectivity index (χ1) is 15.9. The van der Waals surface area contributed by atoms with Gasteiger partial charge in [0.15, 0.2) is 11.7 Å². The highest BCUT2D eigenvalue weighted by molar-refractivity contribution is 7.80. The average molecular weight is 496 g/mol. The zero-order valence-electron chi connectivity index (χ0n) is 18.1. The zero-order chi connectivity index (χ0) is 23.4. The van der Waals surface area contributed by atoms with Crippen molar-refractivity contribution < 1.29 is 9.53 Å². The summed E-state index contributed by atoms with van der Waals surface area (Å²) in [5.74, 6) is 0.135. The van der Waals surface area contributed by atoms with Gasteiger partial charge in [-0.3, -0.25) is 10.1 Å². The Morgan fingerprint density at radius 1 is 1.12 bits per heavy atom. The highest BCUT2D eigenvalue weighted by Crippen LogP contribution is 2.29. The second kappa shape index (κ2) is 10.3. The van der Waals surface area contributed by atoms with Crippen molar-refractivity contribution in [3.05, 3.63) is 87.4 Å². The van der Waals surface area contributed by atoms with Gasteiger partial charge in [0.25, 0.3) is 5.91 Å². The number of hydrogen-bond donors (Lipinski definition) is 2. The van der Waals surface area contributed by atoms with Crippen molar-refractivity contribution in [3.8, 4) is 5.75 Å². The Kier molecular flexibility index (Phi) is 7.23. The van der Waals surface area contributed by atoms with E-state index in [1.807, 2.05) is 62.4 Å². The topological polar surface area (TPSA) is 63.2 Å². The minimum atomic E-state index is -0.365. The van der Waals surface area contributed by atoms with Crippen molar-refractivity contribution in [2.45, 2.75) is 20.3 Å². The molecule has 1 amide bonds. The van der Waals surface area contributed by atoms with E-state index in [9.17, 15) is 4.79 Å². The van der Waals surface area contributed by atoms with Crippen molar-refractivity contribution >= 4 is 62.1 Å². The lowest BCUT2D eigenvalue weighted by Crippen LogP contribution is -2.37. The summed E-state index contributed by atoms with van der Waals surface area (Å²) in [7, 11) is 0. The number of anilines is 1. The molecule has 0 aliphatic rings. The number of fused-ring (bicyclic) bond motifs is 1. The fraction of sp³-hybridized carbons (Fsp3) is 0.160. The van der Waals surface area contributed by atoms with Gasteiger partial charge < -0.3 is 10.1 Å². The van der Waals surface area contributed by atoms with Gasteiger partial charge in [0.2, 0.25) is 0 Å². The molecule has 0 spiro atoms. The van der Waals surface area contributed by atoms with E-state index in [0.29, 0.717) is 10.8 Å². The summed E-state index contributed by atoms with van der Waals surface area (Å²) in [6.07, 6.45) is 0.763. The molecule has 0 unspecified atom stereocenters. The van der Waals surface area contributed by atoms with Crippen molar-refractivity contribution in [1.29, 1.82) is 0 Å². The van der Waals surface area contributed by atoms with Crippen LogP contribution in [-0.2, 0) is 11.2 Å². The number of thiocarbonyl (C=S) groups is 1. The van der Waals surface area contributed by atoms with Gasteiger partial charge in [0.05, 0.1) is 20.2 Å². The van der Waals surface area contributed by atoms with Crippen LogP contribution in [0.25, 0.3) is 10.2 Å². The number of para-hydroxylation sites is 1. The highest BCUT2D eigenvalue weighted by Gasteiger charge is 2.11. The van der Waals surface area contributed by atoms with Gasteiger partial charge in [-0.05, 0) is 73.1 Å². The Labute approximate surface area is 206 Å². The van der Waals surface area contributed by atoms with Crippen molar-refractivity contribution in [1.82, 2.24) is 10.3 Å². The normalized spacial score (nSPS) is 10.8. The second-order valence-corrected chi connectivity index (χ2v) is 9.56. The Bertz CT molecular complexity index is 1260. The first-order valence-corrected chi connectivity index (χ1v) is 11.9. The third-order valence-electron chi connectivity index (χ3n) is 4.88. The number of thiazole rings is 1. The molecular formula is C25H22ClN3O2S2. The van der Waals surface area contributed by atoms with E-state index in [2.05, 4.69) is 21.7 Å². The Hall–Kier alpha value is -3.00. The van der Waals surface area contributed by atoms with Gasteiger partial charge in [-0.15, -0.1) is 11.3 Å². The van der Waals surface area contributed by atoms with E-state index in [4.69, 9.17) is 28.6 Å². The summed E-state index contributed by atoms with van der Waals surface area (Å²) in [6.45, 7) is 3.65. The quantitative estimate of drug-likeness (QED) is 0.319. The summed E-state index contributed by atoms with van der Waals surface area (Å²) in [6, 6.07) is 19.8. The maximum Gasteiger partial charge on any atom is 0.264 e. The number of benzene rings is 3. The molecule has 168 valence electrons. The van der Waals surface area contributed by atoms with Crippen LogP contribution in [0.2, 0.25) is 5.02 Å². The predicted molar refractivity (Wildman–Crippen MR) is 140 cm³/mol. The predicted octanol–water partition coefficient (Wildman–Crippen LogP) is 6.05. The summed E-state index contributed by atoms with van der Waals surface area (Å²) in [5.41, 5.74) is 4.87. The third kappa shape index (κ3) is 6.07. The Morgan fingerprint density at radius 2 is 1.88 bits per heavy atom. The van der Waals surface area contributed by atoms with E-state index in [1.165, 1.54) is 4.70 Å². The van der Waals surface area contributed by atoms with Gasteiger partial charge in [-0.1, -0.05) is 41.9 Å². The largest absolute Gasteiger partial charge is 0.482 e. The molecule has 0 saturated carbocycles. The number of halogens is 1. The third-order valence-corrected chi connectivity index (χ3v) is 6.40. The van der Waals surface area contributed by atoms with E-state index in [1.54, 1.807) is 17.4 Å². The molecule has 0 bridgehead atoms. The molecule has 3 aromatic carbocycles. The number of aromatic nitrogens is 1. The molecule has 0 radical (unpaired) electrons. The average Bonchev–Trinajstić information content (AvgIpc) is 3.16. The summed E-state index contributed by atoms with van der Waals surface area (Å²) in [4.78, 5) is 16.9. The van der Waals surface area contributed by atoms with Crippen LogP contribution in [-0.4, -0.2) is 22.6 Å². The number of rotatable bonds is 6. The zero-order valence-corrected chi connectivity index (χ0v) is 20.5. The van der Waals surface area contributed by atoms with Gasteiger partial charge in [0, 0.05) is 12.1 Å². The number of aryl methyl sites for hydroxylation is 2. The minimum absolute atomic E-state index is 0.188. The maximum atomic E-state index is 12.2. The van der Waals surface area contributed by atoms with Crippen LogP contribution in [0.15, 0.2) is 60.7 Å². The fourth-order valence-electron chi connectivity index (χ4n) is 3.42. The molecule has 4 rings (SSSR count). The van der Waals surface area contributed by atoms with Crippen LogP contribution in [0.1, 0.15) is 21.7 Å². The fourth-order valence-corrected chi connectivity index (χ4v) is 5.03. The van der Waals surface area contributed by atoms with Crippen LogP contribution < -0.4 is 15.4 Å². The van der Waals surface area contributed by atoms with Crippen LogP contribution >= 0.6 is 35.2 Å². The number of amides is 1. The Balaban J connectivity index is 1.28. The van der Waals surface area contributed by atoms with Crippen molar-refractivity contribution in [2.24, 2.45) is 0 Å². The summed E-state index contributed by atoms with van der Waals surface area (Å²) in [5, 5.41) is 7.40. The number of carbonyl (C=O) groups is 1. The second-order valence-electron chi connectivity index (χ2n) is 7.63. The lowest BCUT2D eigenvalue weighted by molar-refractivity contribution is -0.121. The summed E-state index contributed by atoms with van der Waals surface area (Å²) < 4.78 is 6.78. The molecule has 0 saturated heterocycles. The van der Waals surface area contributed by atoms with E-state index >= 15 is 0 Å². The first kappa shape index (κ1) is 23.2. The van der Waals surface area contributed by atoms with Gasteiger partial charge >= 0.3 is 0 Å². The molecule has 5 nitrogen and oxygen atoms in total. The molecule has 8 heteroatoms. The number of carbonyl (C=O) groups excluding carboxylic acids is 1. The van der Waals surface area contributed by atoms with Gasteiger partial charge in [0.1, 0.15) is 5.75 Å². The molecule has 4 aromatic rings. The Morgan fingerprint density at radius 3 is 2.61 bits per heavy atom. The van der Waals surface area contributed by atoms with Crippen LogP contribution in [0.4, 0.5) is 5.69 Å². The lowest BCUT2D eigenvalue weighted by atomic mass is 10.1. The van der Waals surface area contributed by atoms with Crippen molar-refractivity contribution in [3.63, 3.8) is 0 Å². The smallest absolute Gasteiger partial charge is 0.264 e. The van der Waals surface area contributed by atoms with E-state index in [-0.39, 0.29) is 17.6 Å². The van der Waals surface area contributed by atoms with Crippen LogP contribution in [0.3, 0.4) is 0 Å².